The van der Waals surface area contributed by atoms with E-state index in [0.717, 1.165) is 17.6 Å². The smallest absolute Gasteiger partial charge is 0.135 e. The molecule has 0 N–H and O–H groups in total. The highest BCUT2D eigenvalue weighted by atomic mass is 79.9. The van der Waals surface area contributed by atoms with Crippen LogP contribution in [0.15, 0.2) is 11.1 Å². The number of hydrogen-bond donors (Lipinski definition) is 0. The zero-order valence-corrected chi connectivity index (χ0v) is 8.93. The predicted molar refractivity (Wildman–Crippen MR) is 53.3 cm³/mol. The minimum atomic E-state index is 0.376. The molecule has 1 atom stereocenters. The topological polar surface area (TPSA) is 20.3 Å². The van der Waals surface area contributed by atoms with E-state index in [1.807, 2.05) is 0 Å². The van der Waals surface area contributed by atoms with E-state index in [0.29, 0.717) is 24.7 Å². The molecule has 0 bridgehead atoms. The molecule has 12 heavy (non-hydrogen) atoms. The first-order valence-electron chi connectivity index (χ1n) is 4.18. The third-order valence-electron chi connectivity index (χ3n) is 2.20. The van der Waals surface area contributed by atoms with Crippen LogP contribution in [0.2, 0.25) is 0 Å². The lowest BCUT2D eigenvalue weighted by Crippen LogP contribution is -2.41. The second kappa shape index (κ2) is 4.19. The summed E-state index contributed by atoms with van der Waals surface area (Å²) in [5, 5.41) is 0. The third kappa shape index (κ3) is 2.72. The van der Waals surface area contributed by atoms with Crippen molar-refractivity contribution >= 4 is 21.7 Å². The van der Waals surface area contributed by atoms with E-state index in [1.54, 1.807) is 0 Å². The van der Waals surface area contributed by atoms with Crippen molar-refractivity contribution in [3.8, 4) is 0 Å². The fourth-order valence-corrected chi connectivity index (χ4v) is 1.83. The number of carbonyl (C=O) groups is 1. The molecule has 1 aliphatic rings. The van der Waals surface area contributed by atoms with Crippen molar-refractivity contribution in [2.45, 2.75) is 25.8 Å². The number of ketones is 1. The summed E-state index contributed by atoms with van der Waals surface area (Å²) in [6, 6.07) is 0.376. The van der Waals surface area contributed by atoms with Gasteiger partial charge in [0.25, 0.3) is 0 Å². The maximum absolute atomic E-state index is 11.0. The van der Waals surface area contributed by atoms with Crippen molar-refractivity contribution < 1.29 is 4.79 Å². The normalized spacial score (nSPS) is 25.8. The first-order chi connectivity index (χ1) is 5.59. The van der Waals surface area contributed by atoms with E-state index in [2.05, 4.69) is 34.3 Å². The van der Waals surface area contributed by atoms with E-state index < -0.39 is 0 Å². The number of Topliss-reactive ketones (excluding diaryl/α,β-unsaturated/α-hetero) is 1. The number of piperidine rings is 1. The Morgan fingerprint density at radius 2 is 2.50 bits per heavy atom. The molecule has 1 unspecified atom stereocenters. The average Bonchev–Trinajstić information content (AvgIpc) is 1.94. The van der Waals surface area contributed by atoms with E-state index in [1.165, 1.54) is 0 Å². The number of hydrogen-bond acceptors (Lipinski definition) is 2. The van der Waals surface area contributed by atoms with Gasteiger partial charge in [-0.1, -0.05) is 22.5 Å². The summed E-state index contributed by atoms with van der Waals surface area (Å²) >= 11 is 3.33. The lowest BCUT2D eigenvalue weighted by atomic mass is 10.0. The van der Waals surface area contributed by atoms with Gasteiger partial charge in [-0.3, -0.25) is 9.69 Å². The van der Waals surface area contributed by atoms with Crippen LogP contribution in [0.1, 0.15) is 19.8 Å². The van der Waals surface area contributed by atoms with E-state index in [-0.39, 0.29) is 0 Å². The quantitative estimate of drug-likeness (QED) is 0.725. The predicted octanol–water partition coefficient (Wildman–Crippen LogP) is 1.95. The average molecular weight is 232 g/mol. The molecule has 68 valence electrons. The summed E-state index contributed by atoms with van der Waals surface area (Å²) in [5.74, 6) is 0.388. The van der Waals surface area contributed by atoms with Crippen LogP contribution in [0.3, 0.4) is 0 Å². The molecule has 0 amide bonds. The van der Waals surface area contributed by atoms with Crippen LogP contribution in [0.5, 0.6) is 0 Å². The summed E-state index contributed by atoms with van der Waals surface area (Å²) in [6.45, 7) is 7.62. The van der Waals surface area contributed by atoms with E-state index in [9.17, 15) is 4.79 Å². The van der Waals surface area contributed by atoms with Gasteiger partial charge < -0.3 is 0 Å². The fraction of sp³-hybridized carbons (Fsp3) is 0.667. The lowest BCUT2D eigenvalue weighted by Gasteiger charge is -2.32. The molecule has 3 heteroatoms. The van der Waals surface area contributed by atoms with Gasteiger partial charge in [0, 0.05) is 36.5 Å². The molecule has 2 nitrogen and oxygen atoms in total. The maximum Gasteiger partial charge on any atom is 0.135 e. The second-order valence-electron chi connectivity index (χ2n) is 3.33. The number of rotatable bonds is 2. The summed E-state index contributed by atoms with van der Waals surface area (Å²) < 4.78 is 0.990. The molecule has 1 fully saturated rings. The van der Waals surface area contributed by atoms with Crippen molar-refractivity contribution in [2.75, 3.05) is 13.1 Å². The van der Waals surface area contributed by atoms with Gasteiger partial charge in [-0.05, 0) is 6.92 Å². The number of likely N-dealkylation sites (tertiary alicyclic amines) is 1. The van der Waals surface area contributed by atoms with Crippen LogP contribution in [0.4, 0.5) is 0 Å². The monoisotopic (exact) mass is 231 g/mol. The van der Waals surface area contributed by atoms with Crippen molar-refractivity contribution in [3.63, 3.8) is 0 Å². The Balaban J connectivity index is 2.45. The molecule has 1 aliphatic heterocycles. The summed E-state index contributed by atoms with van der Waals surface area (Å²) in [6.07, 6.45) is 1.39. The molecule has 0 aromatic rings. The Morgan fingerprint density at radius 1 is 1.83 bits per heavy atom. The third-order valence-corrected chi connectivity index (χ3v) is 2.45. The van der Waals surface area contributed by atoms with Crippen LogP contribution in [-0.4, -0.2) is 29.8 Å². The fourth-order valence-electron chi connectivity index (χ4n) is 1.50. The van der Waals surface area contributed by atoms with Gasteiger partial charge in [-0.15, -0.1) is 0 Å². The van der Waals surface area contributed by atoms with Crippen LogP contribution in [0.25, 0.3) is 0 Å². The lowest BCUT2D eigenvalue weighted by molar-refractivity contribution is -0.122. The van der Waals surface area contributed by atoms with E-state index >= 15 is 0 Å². The van der Waals surface area contributed by atoms with Crippen molar-refractivity contribution in [1.82, 2.24) is 4.90 Å². The highest BCUT2D eigenvalue weighted by molar-refractivity contribution is 9.11. The van der Waals surface area contributed by atoms with Gasteiger partial charge >= 0.3 is 0 Å². The molecule has 1 saturated heterocycles. The van der Waals surface area contributed by atoms with Crippen molar-refractivity contribution in [1.29, 1.82) is 0 Å². The van der Waals surface area contributed by atoms with Crippen LogP contribution in [-0.2, 0) is 4.79 Å². The van der Waals surface area contributed by atoms with Crippen molar-refractivity contribution in [2.24, 2.45) is 0 Å². The Labute approximate surface area is 81.8 Å². The highest BCUT2D eigenvalue weighted by Gasteiger charge is 2.22. The summed E-state index contributed by atoms with van der Waals surface area (Å²) in [7, 11) is 0. The van der Waals surface area contributed by atoms with Crippen LogP contribution in [0, 0.1) is 0 Å². The molecule has 0 aliphatic carbocycles. The highest BCUT2D eigenvalue weighted by Crippen LogP contribution is 2.16. The van der Waals surface area contributed by atoms with Gasteiger partial charge in [-0.25, -0.2) is 0 Å². The van der Waals surface area contributed by atoms with Crippen LogP contribution < -0.4 is 0 Å². The van der Waals surface area contributed by atoms with Gasteiger partial charge in [-0.2, -0.15) is 0 Å². The minimum Gasteiger partial charge on any atom is -0.300 e. The maximum atomic E-state index is 11.0. The Kier molecular flexibility index (Phi) is 3.47. The summed E-state index contributed by atoms with van der Waals surface area (Å²) in [5.41, 5.74) is 0. The Bertz CT molecular complexity index is 203. The minimum absolute atomic E-state index is 0.376. The standard InChI is InChI=1S/C9H14BrNO/c1-7(10)6-11-4-3-9(12)5-8(11)2/h8H,1,3-6H2,2H3. The van der Waals surface area contributed by atoms with Gasteiger partial charge in [0.2, 0.25) is 0 Å². The van der Waals surface area contributed by atoms with E-state index in [4.69, 9.17) is 0 Å². The molecule has 0 radical (unpaired) electrons. The molecular weight excluding hydrogens is 218 g/mol. The second-order valence-corrected chi connectivity index (χ2v) is 4.45. The Morgan fingerprint density at radius 3 is 3.00 bits per heavy atom. The van der Waals surface area contributed by atoms with Gasteiger partial charge in [0.1, 0.15) is 5.78 Å². The first-order valence-corrected chi connectivity index (χ1v) is 4.98. The SMILES string of the molecule is C=C(Br)CN1CCC(=O)CC1C. The zero-order chi connectivity index (χ0) is 9.14. The molecular formula is C9H14BrNO. The number of carbonyl (C=O) groups excluding carboxylic acids is 1. The zero-order valence-electron chi connectivity index (χ0n) is 7.35. The Hall–Kier alpha value is -0.150. The largest absolute Gasteiger partial charge is 0.300 e. The molecule has 0 saturated carbocycles. The van der Waals surface area contributed by atoms with Gasteiger partial charge in [0.15, 0.2) is 0 Å². The van der Waals surface area contributed by atoms with Crippen LogP contribution >= 0.6 is 15.9 Å². The molecule has 0 aromatic heterocycles. The van der Waals surface area contributed by atoms with Gasteiger partial charge in [0.05, 0.1) is 0 Å². The molecule has 0 spiro atoms. The first kappa shape index (κ1) is 9.93. The number of halogens is 1. The summed E-state index contributed by atoms with van der Waals surface area (Å²) in [4.78, 5) is 13.3. The number of nitrogens with zero attached hydrogens (tertiary/aromatic N) is 1. The molecule has 0 aromatic carbocycles. The van der Waals surface area contributed by atoms with Crippen molar-refractivity contribution in [3.05, 3.63) is 11.1 Å². The molecule has 1 heterocycles. The molecule has 1 rings (SSSR count).